The summed E-state index contributed by atoms with van der Waals surface area (Å²) in [6.45, 7) is 2.97. The predicted octanol–water partition coefficient (Wildman–Crippen LogP) is 2.94. The van der Waals surface area contributed by atoms with Gasteiger partial charge in [-0.05, 0) is 50.9 Å². The van der Waals surface area contributed by atoms with Gasteiger partial charge in [0.1, 0.15) is 0 Å². The highest BCUT2D eigenvalue weighted by Gasteiger charge is 2.24. The molecule has 1 atom stereocenters. The van der Waals surface area contributed by atoms with E-state index in [-0.39, 0.29) is 0 Å². The van der Waals surface area contributed by atoms with Crippen LogP contribution in [0.5, 0.6) is 0 Å². The number of nitrogens with zero attached hydrogens (tertiary/aromatic N) is 2. The van der Waals surface area contributed by atoms with E-state index in [0.717, 1.165) is 25.0 Å². The number of pyridine rings is 1. The molecule has 0 radical (unpaired) electrons. The molecule has 1 aromatic carbocycles. The number of fused-ring (bicyclic) bond motifs is 1. The first-order chi connectivity index (χ1) is 9.86. The number of hydrogen-bond acceptors (Lipinski definition) is 3. The van der Waals surface area contributed by atoms with E-state index in [1.165, 1.54) is 36.9 Å². The number of nitrogens with two attached hydrogens (primary N) is 1. The lowest BCUT2D eigenvalue weighted by Gasteiger charge is -2.24. The maximum atomic E-state index is 5.64. The van der Waals surface area contributed by atoms with Crippen LogP contribution in [-0.2, 0) is 6.54 Å². The van der Waals surface area contributed by atoms with E-state index in [9.17, 15) is 0 Å². The number of para-hydroxylation sites is 1. The summed E-state index contributed by atoms with van der Waals surface area (Å²) in [5.74, 6) is 0. The van der Waals surface area contributed by atoms with Gasteiger partial charge in [-0.2, -0.15) is 0 Å². The summed E-state index contributed by atoms with van der Waals surface area (Å²) in [6, 6.07) is 13.4. The molecular weight excluding hydrogens is 246 g/mol. The molecular formula is C17H23N3. The zero-order valence-corrected chi connectivity index (χ0v) is 12.0. The van der Waals surface area contributed by atoms with E-state index < -0.39 is 0 Å². The lowest BCUT2D eigenvalue weighted by molar-refractivity contribution is 0.230. The summed E-state index contributed by atoms with van der Waals surface area (Å²) in [5.41, 5.74) is 7.92. The number of rotatable bonds is 5. The fourth-order valence-corrected chi connectivity index (χ4v) is 3.19. The van der Waals surface area contributed by atoms with E-state index in [1.54, 1.807) is 0 Å². The molecule has 0 spiro atoms. The second kappa shape index (κ2) is 6.33. The second-order valence-electron chi connectivity index (χ2n) is 5.69. The van der Waals surface area contributed by atoms with Gasteiger partial charge in [-0.1, -0.05) is 24.3 Å². The number of hydrogen-bond donors (Lipinski definition) is 1. The average molecular weight is 269 g/mol. The van der Waals surface area contributed by atoms with Gasteiger partial charge in [-0.3, -0.25) is 9.88 Å². The molecule has 0 bridgehead atoms. The van der Waals surface area contributed by atoms with Gasteiger partial charge in [-0.15, -0.1) is 0 Å². The average Bonchev–Trinajstić information content (AvgIpc) is 2.92. The molecule has 0 aliphatic carbocycles. The van der Waals surface area contributed by atoms with Gasteiger partial charge in [0.05, 0.1) is 11.2 Å². The van der Waals surface area contributed by atoms with Gasteiger partial charge in [0.25, 0.3) is 0 Å². The normalized spacial score (nSPS) is 19.8. The van der Waals surface area contributed by atoms with Gasteiger partial charge >= 0.3 is 0 Å². The van der Waals surface area contributed by atoms with Gasteiger partial charge in [0, 0.05) is 18.0 Å². The highest BCUT2D eigenvalue weighted by atomic mass is 15.2. The zero-order chi connectivity index (χ0) is 13.8. The third-order valence-electron chi connectivity index (χ3n) is 4.26. The van der Waals surface area contributed by atoms with Crippen LogP contribution in [0.15, 0.2) is 36.4 Å². The van der Waals surface area contributed by atoms with Crippen molar-refractivity contribution in [3.8, 4) is 0 Å². The van der Waals surface area contributed by atoms with E-state index in [2.05, 4.69) is 41.3 Å². The largest absolute Gasteiger partial charge is 0.330 e. The minimum atomic E-state index is 0.701. The van der Waals surface area contributed by atoms with Crippen LogP contribution in [0, 0.1) is 0 Å². The molecule has 1 saturated heterocycles. The van der Waals surface area contributed by atoms with Crippen LogP contribution < -0.4 is 5.73 Å². The summed E-state index contributed by atoms with van der Waals surface area (Å²) >= 11 is 0. The van der Waals surface area contributed by atoms with Crippen molar-refractivity contribution in [3.05, 3.63) is 42.1 Å². The maximum absolute atomic E-state index is 5.64. The Morgan fingerprint density at radius 1 is 1.20 bits per heavy atom. The van der Waals surface area contributed by atoms with E-state index in [4.69, 9.17) is 10.7 Å². The number of likely N-dealkylation sites (tertiary alicyclic amines) is 1. The molecule has 1 fully saturated rings. The molecule has 1 aliphatic heterocycles. The van der Waals surface area contributed by atoms with Gasteiger partial charge < -0.3 is 5.73 Å². The highest BCUT2D eigenvalue weighted by Crippen LogP contribution is 2.23. The Hall–Kier alpha value is -1.45. The Bertz CT molecular complexity index is 567. The monoisotopic (exact) mass is 269 g/mol. The topological polar surface area (TPSA) is 42.1 Å². The lowest BCUT2D eigenvalue weighted by atomic mass is 10.1. The molecule has 1 unspecified atom stereocenters. The SMILES string of the molecule is NCCCC1CCCN1Cc1ccc2ccccc2n1. The molecule has 3 nitrogen and oxygen atoms in total. The van der Waals surface area contributed by atoms with Crippen molar-refractivity contribution in [2.24, 2.45) is 5.73 Å². The molecule has 2 heterocycles. The standard InChI is InChI=1S/C17H23N3/c18-11-3-6-16-7-4-12-20(16)13-15-10-9-14-5-1-2-8-17(14)19-15/h1-2,5,8-10,16H,3-4,6-7,11-13,18H2. The summed E-state index contributed by atoms with van der Waals surface area (Å²) in [7, 11) is 0. The Balaban J connectivity index is 1.71. The summed E-state index contributed by atoms with van der Waals surface area (Å²) < 4.78 is 0. The van der Waals surface area contributed by atoms with Crippen molar-refractivity contribution < 1.29 is 0 Å². The zero-order valence-electron chi connectivity index (χ0n) is 12.0. The van der Waals surface area contributed by atoms with Crippen molar-refractivity contribution in [1.82, 2.24) is 9.88 Å². The second-order valence-corrected chi connectivity index (χ2v) is 5.69. The van der Waals surface area contributed by atoms with Crippen molar-refractivity contribution in [3.63, 3.8) is 0 Å². The maximum Gasteiger partial charge on any atom is 0.0705 e. The van der Waals surface area contributed by atoms with Crippen molar-refractivity contribution in [1.29, 1.82) is 0 Å². The third-order valence-corrected chi connectivity index (χ3v) is 4.26. The van der Waals surface area contributed by atoms with Crippen LogP contribution in [0.25, 0.3) is 10.9 Å². The molecule has 20 heavy (non-hydrogen) atoms. The minimum absolute atomic E-state index is 0.701. The molecule has 1 aliphatic rings. The number of benzene rings is 1. The molecule has 1 aromatic heterocycles. The van der Waals surface area contributed by atoms with Crippen molar-refractivity contribution in [2.75, 3.05) is 13.1 Å². The van der Waals surface area contributed by atoms with E-state index in [1.807, 2.05) is 0 Å². The van der Waals surface area contributed by atoms with E-state index >= 15 is 0 Å². The summed E-state index contributed by atoms with van der Waals surface area (Å²) in [5, 5.41) is 1.22. The highest BCUT2D eigenvalue weighted by molar-refractivity contribution is 5.78. The van der Waals surface area contributed by atoms with Crippen LogP contribution in [0.2, 0.25) is 0 Å². The Morgan fingerprint density at radius 2 is 2.10 bits per heavy atom. The van der Waals surface area contributed by atoms with Gasteiger partial charge in [-0.25, -0.2) is 0 Å². The summed E-state index contributed by atoms with van der Waals surface area (Å²) in [6.07, 6.45) is 4.98. The fraction of sp³-hybridized carbons (Fsp3) is 0.471. The quantitative estimate of drug-likeness (QED) is 0.907. The van der Waals surface area contributed by atoms with Crippen LogP contribution in [0.4, 0.5) is 0 Å². The van der Waals surface area contributed by atoms with Crippen LogP contribution in [0.3, 0.4) is 0 Å². The smallest absolute Gasteiger partial charge is 0.0705 e. The first-order valence-corrected chi connectivity index (χ1v) is 7.65. The molecule has 2 N–H and O–H groups in total. The van der Waals surface area contributed by atoms with Crippen LogP contribution in [-0.4, -0.2) is 29.0 Å². The number of aromatic nitrogens is 1. The molecule has 0 saturated carbocycles. The van der Waals surface area contributed by atoms with Crippen LogP contribution >= 0.6 is 0 Å². The minimum Gasteiger partial charge on any atom is -0.330 e. The Labute approximate surface area is 120 Å². The Kier molecular flexibility index (Phi) is 4.28. The van der Waals surface area contributed by atoms with Gasteiger partial charge in [0.15, 0.2) is 0 Å². The molecule has 2 aromatic rings. The molecule has 3 heteroatoms. The first kappa shape index (κ1) is 13.5. The van der Waals surface area contributed by atoms with Crippen molar-refractivity contribution in [2.45, 2.75) is 38.3 Å². The van der Waals surface area contributed by atoms with Crippen LogP contribution in [0.1, 0.15) is 31.4 Å². The summed E-state index contributed by atoms with van der Waals surface area (Å²) in [4.78, 5) is 7.36. The fourth-order valence-electron chi connectivity index (χ4n) is 3.19. The molecule has 106 valence electrons. The first-order valence-electron chi connectivity index (χ1n) is 7.65. The molecule has 3 rings (SSSR count). The predicted molar refractivity (Wildman–Crippen MR) is 83.5 cm³/mol. The van der Waals surface area contributed by atoms with Crippen molar-refractivity contribution >= 4 is 10.9 Å². The molecule has 0 amide bonds. The lowest BCUT2D eigenvalue weighted by Crippen LogP contribution is -2.29. The van der Waals surface area contributed by atoms with E-state index in [0.29, 0.717) is 6.04 Å². The third kappa shape index (κ3) is 3.00. The van der Waals surface area contributed by atoms with Gasteiger partial charge in [0.2, 0.25) is 0 Å². The Morgan fingerprint density at radius 3 is 3.00 bits per heavy atom.